The van der Waals surface area contributed by atoms with Gasteiger partial charge >= 0.3 is 17.6 Å². The molecule has 3 aromatic carbocycles. The molecule has 0 bridgehead atoms. The second-order valence-corrected chi connectivity index (χ2v) is 5.61. The number of aromatic hydroxyl groups is 1. The maximum atomic E-state index is 12.0. The van der Waals surface area contributed by atoms with Gasteiger partial charge in [0.2, 0.25) is 5.75 Å². The normalized spacial score (nSPS) is 10.4. The fraction of sp³-hybridized carbons (Fsp3) is 0.0526. The zero-order chi connectivity index (χ0) is 20.3. The summed E-state index contributed by atoms with van der Waals surface area (Å²) in [6.07, 6.45) is 0. The van der Waals surface area contributed by atoms with E-state index < -0.39 is 29.2 Å². The van der Waals surface area contributed by atoms with E-state index in [2.05, 4.69) is 0 Å². The number of nitrogens with zero attached hydrogens (tertiary/aromatic N) is 1. The van der Waals surface area contributed by atoms with Gasteiger partial charge in [-0.05, 0) is 12.1 Å². The molecule has 142 valence electrons. The summed E-state index contributed by atoms with van der Waals surface area (Å²) in [6, 6.07) is 12.8. The van der Waals surface area contributed by atoms with Crippen LogP contribution in [-0.2, 0) is 4.79 Å². The average Bonchev–Trinajstić information content (AvgIpc) is 2.67. The summed E-state index contributed by atoms with van der Waals surface area (Å²) in [6.45, 7) is -0.625. The molecule has 0 aliphatic rings. The molecule has 0 saturated carbocycles. The monoisotopic (exact) mass is 383 g/mol. The standard InChI is InChI=1S/C19H13NO8/c21-17(28-15-8-4-3-7-14(15)20(25)26)10-27-16-9-13(19(23)24)18(22)12-6-2-1-5-11(12)16/h1-9,22H,10H2,(H,23,24). The van der Waals surface area contributed by atoms with Crippen LogP contribution in [0.1, 0.15) is 10.4 Å². The van der Waals surface area contributed by atoms with Crippen LogP contribution < -0.4 is 9.47 Å². The van der Waals surface area contributed by atoms with E-state index >= 15 is 0 Å². The van der Waals surface area contributed by atoms with Gasteiger partial charge in [0.15, 0.2) is 6.61 Å². The van der Waals surface area contributed by atoms with Gasteiger partial charge in [-0.15, -0.1) is 0 Å². The van der Waals surface area contributed by atoms with E-state index in [1.165, 1.54) is 30.3 Å². The molecule has 2 N–H and O–H groups in total. The minimum absolute atomic E-state index is 0.0466. The fourth-order valence-corrected chi connectivity index (χ4v) is 2.59. The Balaban J connectivity index is 1.84. The number of ether oxygens (including phenoxy) is 2. The SMILES string of the molecule is O=C(COc1cc(C(=O)O)c(O)c2ccccc12)Oc1ccccc1[N+](=O)[O-]. The Morgan fingerprint density at radius 2 is 1.64 bits per heavy atom. The molecule has 0 unspecified atom stereocenters. The van der Waals surface area contributed by atoms with Crippen molar-refractivity contribution < 1.29 is 34.2 Å². The van der Waals surface area contributed by atoms with E-state index in [0.717, 1.165) is 6.07 Å². The number of carboxylic acid groups (broad SMARTS) is 1. The first-order valence-electron chi connectivity index (χ1n) is 7.93. The molecule has 0 saturated heterocycles. The third kappa shape index (κ3) is 3.68. The first-order chi connectivity index (χ1) is 13.4. The number of esters is 1. The molecule has 3 aromatic rings. The Morgan fingerprint density at radius 1 is 1.00 bits per heavy atom. The van der Waals surface area contributed by atoms with Crippen molar-refractivity contribution in [1.29, 1.82) is 0 Å². The number of para-hydroxylation sites is 2. The molecule has 0 aromatic heterocycles. The number of nitro benzene ring substituents is 1. The molecule has 9 nitrogen and oxygen atoms in total. The number of benzene rings is 3. The molecule has 28 heavy (non-hydrogen) atoms. The summed E-state index contributed by atoms with van der Waals surface area (Å²) < 4.78 is 10.4. The lowest BCUT2D eigenvalue weighted by atomic mass is 10.0. The first kappa shape index (κ1) is 18.6. The Bertz CT molecular complexity index is 1090. The smallest absolute Gasteiger partial charge is 0.349 e. The maximum absolute atomic E-state index is 12.0. The molecule has 3 rings (SSSR count). The molecule has 0 aliphatic heterocycles. The molecule has 0 aliphatic carbocycles. The highest BCUT2D eigenvalue weighted by Crippen LogP contribution is 2.36. The maximum Gasteiger partial charge on any atom is 0.349 e. The highest BCUT2D eigenvalue weighted by atomic mass is 16.6. The van der Waals surface area contributed by atoms with Gasteiger partial charge in [0, 0.05) is 16.8 Å². The molecular formula is C19H13NO8. The third-order valence-electron chi connectivity index (χ3n) is 3.84. The summed E-state index contributed by atoms with van der Waals surface area (Å²) in [7, 11) is 0. The second-order valence-electron chi connectivity index (χ2n) is 5.61. The summed E-state index contributed by atoms with van der Waals surface area (Å²) >= 11 is 0. The van der Waals surface area contributed by atoms with Crippen LogP contribution in [-0.4, -0.2) is 33.7 Å². The van der Waals surface area contributed by atoms with Crippen LogP contribution in [0.25, 0.3) is 10.8 Å². The van der Waals surface area contributed by atoms with E-state index in [1.54, 1.807) is 18.2 Å². The van der Waals surface area contributed by atoms with Gasteiger partial charge in [-0.1, -0.05) is 36.4 Å². The predicted octanol–water partition coefficient (Wildman–Crippen LogP) is 3.14. The lowest BCUT2D eigenvalue weighted by Crippen LogP contribution is -2.18. The highest BCUT2D eigenvalue weighted by Gasteiger charge is 2.20. The number of hydrogen-bond acceptors (Lipinski definition) is 7. The summed E-state index contributed by atoms with van der Waals surface area (Å²) in [5, 5.41) is 30.9. The Labute approximate surface area is 157 Å². The van der Waals surface area contributed by atoms with E-state index in [-0.39, 0.29) is 28.1 Å². The number of hydrogen-bond donors (Lipinski definition) is 2. The van der Waals surface area contributed by atoms with Gasteiger partial charge in [-0.3, -0.25) is 10.1 Å². The van der Waals surface area contributed by atoms with E-state index in [0.29, 0.717) is 5.39 Å². The Hall–Kier alpha value is -4.14. The first-order valence-corrected chi connectivity index (χ1v) is 7.93. The lowest BCUT2D eigenvalue weighted by Gasteiger charge is -2.12. The topological polar surface area (TPSA) is 136 Å². The van der Waals surface area contributed by atoms with Crippen molar-refractivity contribution in [3.63, 3.8) is 0 Å². The number of carboxylic acids is 1. The summed E-state index contributed by atoms with van der Waals surface area (Å²) in [5.74, 6) is -2.88. The van der Waals surface area contributed by atoms with Crippen molar-refractivity contribution in [2.24, 2.45) is 0 Å². The minimum Gasteiger partial charge on any atom is -0.506 e. The fourth-order valence-electron chi connectivity index (χ4n) is 2.59. The number of rotatable bonds is 6. The predicted molar refractivity (Wildman–Crippen MR) is 96.8 cm³/mol. The average molecular weight is 383 g/mol. The quantitative estimate of drug-likeness (QED) is 0.287. The van der Waals surface area contributed by atoms with Crippen LogP contribution in [0.3, 0.4) is 0 Å². The molecule has 0 atom stereocenters. The number of phenols is 1. The number of carbonyl (C=O) groups excluding carboxylic acids is 1. The minimum atomic E-state index is -1.37. The van der Waals surface area contributed by atoms with Crippen LogP contribution in [0.4, 0.5) is 5.69 Å². The lowest BCUT2D eigenvalue weighted by molar-refractivity contribution is -0.385. The van der Waals surface area contributed by atoms with Crippen LogP contribution in [0.5, 0.6) is 17.2 Å². The van der Waals surface area contributed by atoms with Crippen molar-refractivity contribution in [2.45, 2.75) is 0 Å². The summed E-state index contributed by atoms with van der Waals surface area (Å²) in [5.41, 5.74) is -0.764. The van der Waals surface area contributed by atoms with Crippen LogP contribution >= 0.6 is 0 Å². The number of fused-ring (bicyclic) bond motifs is 1. The van der Waals surface area contributed by atoms with Crippen molar-refractivity contribution >= 4 is 28.4 Å². The van der Waals surface area contributed by atoms with Crippen LogP contribution in [0.15, 0.2) is 54.6 Å². The molecule has 0 fully saturated rings. The molecule has 0 spiro atoms. The zero-order valence-electron chi connectivity index (χ0n) is 14.2. The molecule has 0 radical (unpaired) electrons. The molecular weight excluding hydrogens is 370 g/mol. The van der Waals surface area contributed by atoms with Gasteiger partial charge in [-0.2, -0.15) is 0 Å². The van der Waals surface area contributed by atoms with E-state index in [9.17, 15) is 29.9 Å². The van der Waals surface area contributed by atoms with Crippen molar-refractivity contribution in [1.82, 2.24) is 0 Å². The van der Waals surface area contributed by atoms with Crippen LogP contribution in [0.2, 0.25) is 0 Å². The third-order valence-corrected chi connectivity index (χ3v) is 3.84. The number of carbonyl (C=O) groups is 2. The van der Waals surface area contributed by atoms with Crippen molar-refractivity contribution in [2.75, 3.05) is 6.61 Å². The number of nitro groups is 1. The molecule has 9 heteroatoms. The van der Waals surface area contributed by atoms with Crippen molar-refractivity contribution in [3.05, 3.63) is 70.3 Å². The van der Waals surface area contributed by atoms with Crippen molar-refractivity contribution in [3.8, 4) is 17.2 Å². The van der Waals surface area contributed by atoms with Gasteiger partial charge in [0.1, 0.15) is 17.1 Å². The summed E-state index contributed by atoms with van der Waals surface area (Å²) in [4.78, 5) is 33.7. The largest absolute Gasteiger partial charge is 0.506 e. The van der Waals surface area contributed by atoms with Crippen LogP contribution in [0, 0.1) is 10.1 Å². The Morgan fingerprint density at radius 3 is 2.32 bits per heavy atom. The van der Waals surface area contributed by atoms with Gasteiger partial charge < -0.3 is 19.7 Å². The van der Waals surface area contributed by atoms with E-state index in [4.69, 9.17) is 9.47 Å². The number of aromatic carboxylic acids is 1. The zero-order valence-corrected chi connectivity index (χ0v) is 14.2. The van der Waals surface area contributed by atoms with E-state index in [1.807, 2.05) is 0 Å². The van der Waals surface area contributed by atoms with Gasteiger partial charge in [0.05, 0.1) is 4.92 Å². The Kier molecular flexibility index (Phi) is 5.07. The highest BCUT2D eigenvalue weighted by molar-refractivity contribution is 6.03. The molecule has 0 amide bonds. The van der Waals surface area contributed by atoms with Gasteiger partial charge in [0.25, 0.3) is 0 Å². The van der Waals surface area contributed by atoms with Gasteiger partial charge in [-0.25, -0.2) is 9.59 Å². The molecule has 0 heterocycles. The second kappa shape index (κ2) is 7.62.